The predicted molar refractivity (Wildman–Crippen MR) is 173 cm³/mol. The second-order valence-corrected chi connectivity index (χ2v) is 15.8. The number of sulfonamides is 1. The highest BCUT2D eigenvalue weighted by Gasteiger charge is 2.51. The lowest BCUT2D eigenvalue weighted by Gasteiger charge is -2.57. The lowest BCUT2D eigenvalue weighted by molar-refractivity contribution is -0.139. The van der Waals surface area contributed by atoms with E-state index in [-0.39, 0.29) is 17.9 Å². The molecule has 0 unspecified atom stereocenters. The number of nitrogens with zero attached hydrogens (tertiary/aromatic N) is 2. The summed E-state index contributed by atoms with van der Waals surface area (Å²) in [6, 6.07) is 11.9. The molecule has 4 saturated carbocycles. The molecule has 0 aromatic heterocycles. The van der Waals surface area contributed by atoms with Crippen LogP contribution in [0.5, 0.6) is 0 Å². The maximum Gasteiger partial charge on any atom is 0.244 e. The van der Waals surface area contributed by atoms with Gasteiger partial charge in [0.1, 0.15) is 12.6 Å². The molecule has 4 aliphatic carbocycles. The molecule has 0 spiro atoms. The van der Waals surface area contributed by atoms with Gasteiger partial charge in [0.05, 0.1) is 11.9 Å². The second kappa shape index (κ2) is 13.0. The van der Waals surface area contributed by atoms with E-state index >= 15 is 0 Å². The molecule has 2 aromatic rings. The van der Waals surface area contributed by atoms with Crippen molar-refractivity contribution in [1.29, 1.82) is 0 Å². The van der Waals surface area contributed by atoms with Crippen molar-refractivity contribution in [3.05, 3.63) is 63.6 Å². The van der Waals surface area contributed by atoms with E-state index in [1.807, 2.05) is 19.1 Å². The third kappa shape index (κ3) is 7.18. The summed E-state index contributed by atoms with van der Waals surface area (Å²) >= 11 is 12.5. The van der Waals surface area contributed by atoms with Gasteiger partial charge >= 0.3 is 0 Å². The Labute approximate surface area is 266 Å². The average Bonchev–Trinajstić information content (AvgIpc) is 2.94. The molecule has 2 aromatic carbocycles. The first kappa shape index (κ1) is 32.1. The van der Waals surface area contributed by atoms with Crippen LogP contribution in [-0.4, -0.2) is 50.5 Å². The Balaban J connectivity index is 1.38. The van der Waals surface area contributed by atoms with E-state index in [4.69, 9.17) is 23.2 Å². The van der Waals surface area contributed by atoms with Crippen molar-refractivity contribution in [3.8, 4) is 0 Å². The van der Waals surface area contributed by atoms with Gasteiger partial charge in [0.15, 0.2) is 0 Å². The summed E-state index contributed by atoms with van der Waals surface area (Å²) in [7, 11) is -3.81. The van der Waals surface area contributed by atoms with Gasteiger partial charge in [-0.2, -0.15) is 0 Å². The second-order valence-electron chi connectivity index (χ2n) is 13.1. The van der Waals surface area contributed by atoms with Gasteiger partial charge in [-0.1, -0.05) is 54.7 Å². The van der Waals surface area contributed by atoms with E-state index < -0.39 is 28.5 Å². The maximum absolute atomic E-state index is 13.9. The highest BCUT2D eigenvalue weighted by Crippen LogP contribution is 2.60. The number of hydrogen-bond acceptors (Lipinski definition) is 4. The maximum atomic E-state index is 13.9. The van der Waals surface area contributed by atoms with Gasteiger partial charge in [-0.25, -0.2) is 8.42 Å². The lowest BCUT2D eigenvalue weighted by atomic mass is 9.48. The zero-order valence-corrected chi connectivity index (χ0v) is 27.6. The molecule has 0 heterocycles. The molecular formula is C33H43Cl2N3O4S. The zero-order chi connectivity index (χ0) is 30.9. The van der Waals surface area contributed by atoms with Gasteiger partial charge < -0.3 is 10.2 Å². The fourth-order valence-corrected chi connectivity index (χ4v) is 9.33. The van der Waals surface area contributed by atoms with E-state index in [9.17, 15) is 18.0 Å². The van der Waals surface area contributed by atoms with Crippen molar-refractivity contribution in [2.24, 2.45) is 17.8 Å². The molecule has 0 radical (unpaired) electrons. The van der Waals surface area contributed by atoms with Crippen LogP contribution in [0.2, 0.25) is 10.0 Å². The van der Waals surface area contributed by atoms with Crippen LogP contribution < -0.4 is 9.62 Å². The smallest absolute Gasteiger partial charge is 0.244 e. The van der Waals surface area contributed by atoms with Gasteiger partial charge in [0.25, 0.3) is 0 Å². The number of anilines is 1. The predicted octanol–water partition coefficient (Wildman–Crippen LogP) is 6.56. The van der Waals surface area contributed by atoms with Gasteiger partial charge in [0, 0.05) is 23.1 Å². The van der Waals surface area contributed by atoms with Crippen molar-refractivity contribution in [3.63, 3.8) is 0 Å². The number of amides is 2. The number of hydrogen-bond donors (Lipinski definition) is 1. The van der Waals surface area contributed by atoms with Gasteiger partial charge in [0.2, 0.25) is 21.8 Å². The molecule has 2 amide bonds. The van der Waals surface area contributed by atoms with Crippen molar-refractivity contribution in [1.82, 2.24) is 10.2 Å². The third-order valence-electron chi connectivity index (χ3n) is 9.84. The monoisotopic (exact) mass is 647 g/mol. The number of halogens is 2. The van der Waals surface area contributed by atoms with E-state index in [1.165, 1.54) is 49.0 Å². The third-order valence-corrected chi connectivity index (χ3v) is 11.6. The summed E-state index contributed by atoms with van der Waals surface area (Å²) in [6.07, 6.45) is 10.6. The van der Waals surface area contributed by atoms with Crippen LogP contribution in [0.3, 0.4) is 0 Å². The minimum absolute atomic E-state index is 0.0275. The first-order chi connectivity index (χ1) is 20.4. The number of unbranched alkanes of at least 4 members (excludes halogenated alkanes) is 1. The lowest BCUT2D eigenvalue weighted by Crippen LogP contribution is -2.51. The molecule has 1 atom stereocenters. The van der Waals surface area contributed by atoms with Crippen LogP contribution in [0.4, 0.5) is 5.69 Å². The Bertz CT molecular complexity index is 1410. The molecular weight excluding hydrogens is 605 g/mol. The van der Waals surface area contributed by atoms with Crippen molar-refractivity contribution in [2.45, 2.75) is 83.2 Å². The summed E-state index contributed by atoms with van der Waals surface area (Å²) in [5.74, 6) is 1.60. The number of rotatable bonds is 12. The largest absolute Gasteiger partial charge is 0.354 e. The standard InChI is InChI=1S/C33H43Cl2N3O4S/c1-4-5-12-36-32(40)22(2)37(20-26-6-9-28(34)16-30(26)35)31(39)21-38(43(3,41)42)29-10-7-27(8-11-29)33-17-23-13-24(18-33)15-25(14-23)19-33/h6-11,16,22-25H,4-5,12-15,17-21H2,1-3H3,(H,36,40)/t22-,23?,24?,25?,33?/m1/s1. The minimum atomic E-state index is -3.81. The van der Waals surface area contributed by atoms with Crippen LogP contribution in [0, 0.1) is 17.8 Å². The zero-order valence-electron chi connectivity index (χ0n) is 25.3. The highest BCUT2D eigenvalue weighted by molar-refractivity contribution is 7.92. The summed E-state index contributed by atoms with van der Waals surface area (Å²) in [5.41, 5.74) is 2.52. The van der Waals surface area contributed by atoms with Crippen molar-refractivity contribution in [2.75, 3.05) is 23.7 Å². The van der Waals surface area contributed by atoms with E-state index in [0.717, 1.165) is 41.2 Å². The van der Waals surface area contributed by atoms with Crippen LogP contribution in [0.25, 0.3) is 0 Å². The SMILES string of the molecule is CCCCNC(=O)[C@@H](C)N(Cc1ccc(Cl)cc1Cl)C(=O)CN(c1ccc(C23CC4CC(CC(C4)C2)C3)cc1)S(C)(=O)=O. The molecule has 234 valence electrons. The highest BCUT2D eigenvalue weighted by atomic mass is 35.5. The van der Waals surface area contributed by atoms with Crippen LogP contribution in [-0.2, 0) is 31.6 Å². The van der Waals surface area contributed by atoms with Gasteiger partial charge in [-0.15, -0.1) is 0 Å². The first-order valence-corrected chi connectivity index (χ1v) is 18.1. The fraction of sp³-hybridized carbons (Fsp3) is 0.576. The average molecular weight is 649 g/mol. The fourth-order valence-electron chi connectivity index (χ4n) is 8.01. The Hall–Kier alpha value is -2.29. The number of carbonyl (C=O) groups is 2. The van der Waals surface area contributed by atoms with E-state index in [1.54, 1.807) is 25.1 Å². The van der Waals surface area contributed by atoms with Crippen LogP contribution in [0.15, 0.2) is 42.5 Å². The molecule has 43 heavy (non-hydrogen) atoms. The normalized spacial score (nSPS) is 24.9. The summed E-state index contributed by atoms with van der Waals surface area (Å²) in [4.78, 5) is 28.3. The summed E-state index contributed by atoms with van der Waals surface area (Å²) in [5, 5.41) is 3.71. The number of benzene rings is 2. The molecule has 1 N–H and O–H groups in total. The Morgan fingerprint density at radius 2 is 1.60 bits per heavy atom. The number of nitrogens with one attached hydrogen (secondary N) is 1. The van der Waals surface area contributed by atoms with Crippen molar-refractivity contribution < 1.29 is 18.0 Å². The van der Waals surface area contributed by atoms with E-state index in [2.05, 4.69) is 17.4 Å². The molecule has 10 heteroatoms. The van der Waals surface area contributed by atoms with Crippen LogP contribution >= 0.6 is 23.2 Å². The quantitative estimate of drug-likeness (QED) is 0.264. The van der Waals surface area contributed by atoms with Gasteiger partial charge in [-0.3, -0.25) is 13.9 Å². The summed E-state index contributed by atoms with van der Waals surface area (Å²) in [6.45, 7) is 3.76. The molecule has 4 aliphatic rings. The molecule has 4 bridgehead atoms. The van der Waals surface area contributed by atoms with Gasteiger partial charge in [-0.05, 0) is 110 Å². The Kier molecular flexibility index (Phi) is 9.69. The Morgan fingerprint density at radius 1 is 1.00 bits per heavy atom. The van der Waals surface area contributed by atoms with Crippen LogP contribution in [0.1, 0.15) is 76.3 Å². The Morgan fingerprint density at radius 3 is 2.14 bits per heavy atom. The molecule has 6 rings (SSSR count). The molecule has 7 nitrogen and oxygen atoms in total. The minimum Gasteiger partial charge on any atom is -0.354 e. The topological polar surface area (TPSA) is 86.8 Å². The molecule has 0 aliphatic heterocycles. The van der Waals surface area contributed by atoms with Crippen molar-refractivity contribution >= 4 is 50.7 Å². The van der Waals surface area contributed by atoms with E-state index in [0.29, 0.717) is 27.8 Å². The molecule has 0 saturated heterocycles. The summed E-state index contributed by atoms with van der Waals surface area (Å²) < 4.78 is 27.3. The first-order valence-electron chi connectivity index (χ1n) is 15.5. The number of carbonyl (C=O) groups excluding carboxylic acids is 2. The molecule has 4 fully saturated rings.